The molecule has 0 radical (unpaired) electrons. The molecule has 1 rings (SSSR count). The molecule has 0 spiro atoms. The number of carbonyl (C=O) groups excluding carboxylic acids is 2. The number of nitrogens with one attached hydrogen (secondary N) is 1. The first-order valence-corrected chi connectivity index (χ1v) is 7.63. The molecular weight excluding hydrogens is 286 g/mol. The van der Waals surface area contributed by atoms with Crippen LogP contribution in [0.15, 0.2) is 24.3 Å². The Labute approximate surface area is 116 Å². The van der Waals surface area contributed by atoms with Crippen molar-refractivity contribution in [2.75, 3.05) is 31.0 Å². The normalized spacial score (nSPS) is 10.7. The Balaban J connectivity index is 2.64. The summed E-state index contributed by atoms with van der Waals surface area (Å²) in [4.78, 5) is 22.4. The summed E-state index contributed by atoms with van der Waals surface area (Å²) in [5.74, 6) is -1.41. The highest BCUT2D eigenvalue weighted by molar-refractivity contribution is 7.91. The molecule has 0 aliphatic rings. The third-order valence-electron chi connectivity index (χ3n) is 2.10. The predicted molar refractivity (Wildman–Crippen MR) is 72.3 cm³/mol. The van der Waals surface area contributed by atoms with E-state index in [2.05, 4.69) is 10.1 Å². The fourth-order valence-corrected chi connectivity index (χ4v) is 1.85. The maximum absolute atomic E-state index is 11.4. The van der Waals surface area contributed by atoms with Crippen LogP contribution in [0.5, 0.6) is 5.75 Å². The molecule has 1 amide bonds. The highest BCUT2D eigenvalue weighted by Gasteiger charge is 2.11. The summed E-state index contributed by atoms with van der Waals surface area (Å²) < 4.78 is 31.5. The summed E-state index contributed by atoms with van der Waals surface area (Å²) in [5.41, 5.74) is 0.376. The summed E-state index contributed by atoms with van der Waals surface area (Å²) in [7, 11) is -2.14. The van der Waals surface area contributed by atoms with E-state index in [1.807, 2.05) is 0 Å². The van der Waals surface area contributed by atoms with Gasteiger partial charge in [-0.1, -0.05) is 6.07 Å². The summed E-state index contributed by atoms with van der Waals surface area (Å²) in [6.07, 6.45) is 0.975. The lowest BCUT2D eigenvalue weighted by Crippen LogP contribution is -2.21. The Hall–Kier alpha value is -2.09. The Kier molecular flexibility index (Phi) is 5.51. The van der Waals surface area contributed by atoms with Crippen LogP contribution in [0.3, 0.4) is 0 Å². The molecule has 0 aliphatic heterocycles. The molecule has 1 N–H and O–H groups in total. The number of ether oxygens (including phenoxy) is 2. The van der Waals surface area contributed by atoms with Crippen molar-refractivity contribution in [2.24, 2.45) is 0 Å². The van der Waals surface area contributed by atoms with Crippen molar-refractivity contribution < 1.29 is 27.5 Å². The van der Waals surface area contributed by atoms with Crippen LogP contribution in [0.2, 0.25) is 0 Å². The van der Waals surface area contributed by atoms with Gasteiger partial charge in [-0.2, -0.15) is 0 Å². The van der Waals surface area contributed by atoms with Crippen molar-refractivity contribution in [2.45, 2.75) is 0 Å². The molecule has 0 saturated heterocycles. The molecule has 7 nitrogen and oxygen atoms in total. The fraction of sp³-hybridized carbons (Fsp3) is 0.333. The second-order valence-corrected chi connectivity index (χ2v) is 6.15. The molecule has 0 fully saturated rings. The Morgan fingerprint density at radius 1 is 1.30 bits per heavy atom. The van der Waals surface area contributed by atoms with E-state index in [-0.39, 0.29) is 6.61 Å². The van der Waals surface area contributed by atoms with Crippen molar-refractivity contribution in [3.8, 4) is 5.75 Å². The van der Waals surface area contributed by atoms with Crippen LogP contribution in [0.1, 0.15) is 0 Å². The zero-order valence-corrected chi connectivity index (χ0v) is 11.9. The minimum Gasteiger partial charge on any atom is -0.482 e. The number of esters is 1. The van der Waals surface area contributed by atoms with Crippen molar-refractivity contribution in [3.05, 3.63) is 24.3 Å². The SMILES string of the molecule is COC(=O)COc1cccc(NC(=O)CS(C)(=O)=O)c1. The zero-order chi connectivity index (χ0) is 15.2. The molecule has 0 atom stereocenters. The van der Waals surface area contributed by atoms with Crippen molar-refractivity contribution in [1.82, 2.24) is 0 Å². The van der Waals surface area contributed by atoms with E-state index in [9.17, 15) is 18.0 Å². The van der Waals surface area contributed by atoms with Gasteiger partial charge in [0.15, 0.2) is 16.4 Å². The van der Waals surface area contributed by atoms with Crippen LogP contribution >= 0.6 is 0 Å². The van der Waals surface area contributed by atoms with Gasteiger partial charge in [-0.15, -0.1) is 0 Å². The lowest BCUT2D eigenvalue weighted by atomic mass is 10.3. The molecule has 0 aliphatic carbocycles. The highest BCUT2D eigenvalue weighted by Crippen LogP contribution is 2.17. The van der Waals surface area contributed by atoms with Crippen LogP contribution in [-0.2, 0) is 24.2 Å². The second-order valence-electron chi connectivity index (χ2n) is 4.01. The zero-order valence-electron chi connectivity index (χ0n) is 11.1. The maximum atomic E-state index is 11.4. The quantitative estimate of drug-likeness (QED) is 0.755. The third-order valence-corrected chi connectivity index (χ3v) is 2.88. The number of sulfone groups is 1. The number of hydrogen-bond acceptors (Lipinski definition) is 6. The Bertz CT molecular complexity index is 596. The highest BCUT2D eigenvalue weighted by atomic mass is 32.2. The van der Waals surface area contributed by atoms with Gasteiger partial charge >= 0.3 is 5.97 Å². The molecular formula is C12H15NO6S. The van der Waals surface area contributed by atoms with Gasteiger partial charge in [0, 0.05) is 18.0 Å². The minimum atomic E-state index is -3.38. The summed E-state index contributed by atoms with van der Waals surface area (Å²) >= 11 is 0. The number of carbonyl (C=O) groups is 2. The number of benzene rings is 1. The van der Waals surface area contributed by atoms with Crippen molar-refractivity contribution in [1.29, 1.82) is 0 Å². The number of amides is 1. The van der Waals surface area contributed by atoms with Gasteiger partial charge in [0.1, 0.15) is 11.5 Å². The van der Waals surface area contributed by atoms with Crippen LogP contribution in [0.25, 0.3) is 0 Å². The number of rotatable bonds is 6. The standard InChI is InChI=1S/C12H15NO6S/c1-18-12(15)7-19-10-5-3-4-9(6-10)13-11(14)8-20(2,16)17/h3-6H,7-8H2,1-2H3,(H,13,14). The first-order valence-electron chi connectivity index (χ1n) is 5.57. The molecule has 110 valence electrons. The molecule has 0 unspecified atom stereocenters. The maximum Gasteiger partial charge on any atom is 0.343 e. The van der Waals surface area contributed by atoms with Crippen LogP contribution in [0.4, 0.5) is 5.69 Å². The second kappa shape index (κ2) is 6.90. The van der Waals surface area contributed by atoms with Gasteiger partial charge in [-0.05, 0) is 12.1 Å². The summed E-state index contributed by atoms with van der Waals surface area (Å²) in [5, 5.41) is 2.43. The average Bonchev–Trinajstić information content (AvgIpc) is 2.34. The van der Waals surface area contributed by atoms with Gasteiger partial charge in [-0.3, -0.25) is 4.79 Å². The molecule has 1 aromatic rings. The van der Waals surface area contributed by atoms with E-state index >= 15 is 0 Å². The first kappa shape index (κ1) is 16.0. The van der Waals surface area contributed by atoms with Gasteiger partial charge in [0.05, 0.1) is 7.11 Å². The average molecular weight is 301 g/mol. The van der Waals surface area contributed by atoms with Crippen LogP contribution in [0, 0.1) is 0 Å². The molecule has 20 heavy (non-hydrogen) atoms. The van der Waals surface area contributed by atoms with Gasteiger partial charge in [-0.25, -0.2) is 13.2 Å². The van der Waals surface area contributed by atoms with Crippen LogP contribution in [-0.4, -0.2) is 46.0 Å². The minimum absolute atomic E-state index is 0.253. The van der Waals surface area contributed by atoms with E-state index in [1.165, 1.54) is 13.2 Å². The van der Waals surface area contributed by atoms with Gasteiger partial charge < -0.3 is 14.8 Å². The molecule has 0 aromatic heterocycles. The van der Waals surface area contributed by atoms with E-state index in [1.54, 1.807) is 18.2 Å². The largest absolute Gasteiger partial charge is 0.482 e. The number of anilines is 1. The smallest absolute Gasteiger partial charge is 0.343 e. The topological polar surface area (TPSA) is 98.8 Å². The van der Waals surface area contributed by atoms with Crippen LogP contribution < -0.4 is 10.1 Å². The number of hydrogen-bond donors (Lipinski definition) is 1. The molecule has 0 heterocycles. The summed E-state index contributed by atoms with van der Waals surface area (Å²) in [6, 6.07) is 6.24. The number of methoxy groups -OCH3 is 1. The van der Waals surface area contributed by atoms with Gasteiger partial charge in [0.2, 0.25) is 5.91 Å². The van der Waals surface area contributed by atoms with Gasteiger partial charge in [0.25, 0.3) is 0 Å². The Morgan fingerprint density at radius 2 is 2.00 bits per heavy atom. The lowest BCUT2D eigenvalue weighted by Gasteiger charge is -2.08. The van der Waals surface area contributed by atoms with E-state index in [0.717, 1.165) is 6.26 Å². The summed E-state index contributed by atoms with van der Waals surface area (Å²) in [6.45, 7) is -0.253. The monoisotopic (exact) mass is 301 g/mol. The Morgan fingerprint density at radius 3 is 2.60 bits per heavy atom. The lowest BCUT2D eigenvalue weighted by molar-refractivity contribution is -0.142. The van der Waals surface area contributed by atoms with E-state index in [0.29, 0.717) is 11.4 Å². The van der Waals surface area contributed by atoms with E-state index < -0.39 is 27.5 Å². The van der Waals surface area contributed by atoms with E-state index in [4.69, 9.17) is 4.74 Å². The van der Waals surface area contributed by atoms with Crippen molar-refractivity contribution >= 4 is 27.4 Å². The van der Waals surface area contributed by atoms with Crippen molar-refractivity contribution in [3.63, 3.8) is 0 Å². The first-order chi connectivity index (χ1) is 9.30. The fourth-order valence-electron chi connectivity index (χ4n) is 1.30. The molecule has 1 aromatic carbocycles. The molecule has 8 heteroatoms. The molecule has 0 bridgehead atoms. The predicted octanol–water partition coefficient (Wildman–Crippen LogP) is 0.222. The third kappa shape index (κ3) is 6.19. The molecule has 0 saturated carbocycles.